The zero-order chi connectivity index (χ0) is 17.0. The molecule has 0 aromatic heterocycles. The maximum atomic E-state index is 4.57. The molecule has 16 fully saturated rings. The highest BCUT2D eigenvalue weighted by atomic mass is 79.9. The van der Waals surface area contributed by atoms with Crippen molar-refractivity contribution >= 4 is 15.9 Å². The Hall–Kier alpha value is 0.480. The van der Waals surface area contributed by atoms with Crippen LogP contribution in [0.15, 0.2) is 0 Å². The molecule has 14 bridgehead atoms. The van der Waals surface area contributed by atoms with Gasteiger partial charge in [-0.05, 0) is 151 Å². The molecule has 0 atom stereocenters. The van der Waals surface area contributed by atoms with Crippen molar-refractivity contribution in [3.05, 3.63) is 0 Å². The van der Waals surface area contributed by atoms with E-state index in [0.29, 0.717) is 4.32 Å². The van der Waals surface area contributed by atoms with Crippen LogP contribution in [-0.4, -0.2) is 4.32 Å². The van der Waals surface area contributed by atoms with Gasteiger partial charge in [-0.25, -0.2) is 0 Å². The molecule has 0 aromatic carbocycles. The summed E-state index contributed by atoms with van der Waals surface area (Å²) in [6.07, 6.45) is 20.3. The molecule has 0 amide bonds. The van der Waals surface area contributed by atoms with Crippen molar-refractivity contribution in [2.75, 3.05) is 0 Å². The van der Waals surface area contributed by atoms with Crippen LogP contribution in [0.3, 0.4) is 0 Å². The van der Waals surface area contributed by atoms with E-state index in [9.17, 15) is 0 Å². The maximum Gasteiger partial charge on any atom is 0.0274 e. The van der Waals surface area contributed by atoms with Gasteiger partial charge in [0.05, 0.1) is 0 Å². The van der Waals surface area contributed by atoms with Crippen LogP contribution < -0.4 is 0 Å². The Morgan fingerprint density at radius 2 is 0.667 bits per heavy atom. The van der Waals surface area contributed by atoms with Gasteiger partial charge in [0.15, 0.2) is 0 Å². The highest BCUT2D eigenvalue weighted by molar-refractivity contribution is 9.10. The number of hydrogen-bond donors (Lipinski definition) is 0. The summed E-state index contributed by atoms with van der Waals surface area (Å²) in [5.74, 6) is 8.31. The predicted octanol–water partition coefficient (Wildman–Crippen LogP) is 6.18. The third-order valence-electron chi connectivity index (χ3n) is 14.9. The molecule has 0 N–H and O–H groups in total. The first-order valence-electron chi connectivity index (χ1n) is 12.6. The molecule has 0 heterocycles. The van der Waals surface area contributed by atoms with Crippen molar-refractivity contribution in [2.24, 2.45) is 73.9 Å². The second kappa shape index (κ2) is 3.02. The summed E-state index contributed by atoms with van der Waals surface area (Å²) in [6, 6.07) is 0. The van der Waals surface area contributed by atoms with Gasteiger partial charge in [0, 0.05) is 4.32 Å². The fourth-order valence-corrected chi connectivity index (χ4v) is 20.1. The van der Waals surface area contributed by atoms with Crippen molar-refractivity contribution in [3.63, 3.8) is 0 Å². The van der Waals surface area contributed by atoms with Crippen molar-refractivity contribution in [3.8, 4) is 0 Å². The fraction of sp³-hybridized carbons (Fsp3) is 1.00. The molecule has 16 saturated carbocycles. The average Bonchev–Trinajstić information content (AvgIpc) is 2.45. The van der Waals surface area contributed by atoms with Gasteiger partial charge in [0.2, 0.25) is 0 Å². The van der Waals surface area contributed by atoms with Crippen LogP contribution in [0.5, 0.6) is 0 Å². The second-order valence-corrected chi connectivity index (χ2v) is 16.9. The third-order valence-corrected chi connectivity index (χ3v) is 15.7. The molecule has 16 rings (SSSR count). The lowest BCUT2D eigenvalue weighted by molar-refractivity contribution is -0.547. The van der Waals surface area contributed by atoms with Crippen molar-refractivity contribution in [1.82, 2.24) is 0 Å². The predicted molar refractivity (Wildman–Crippen MR) is 106 cm³/mol. The van der Waals surface area contributed by atoms with Gasteiger partial charge >= 0.3 is 0 Å². The van der Waals surface area contributed by atoms with Crippen LogP contribution in [0.1, 0.15) is 77.0 Å². The molecule has 6 spiro atoms. The van der Waals surface area contributed by atoms with Gasteiger partial charge in [0.1, 0.15) is 0 Å². The first-order valence-corrected chi connectivity index (χ1v) is 13.4. The molecule has 16 aliphatic rings. The van der Waals surface area contributed by atoms with Crippen molar-refractivity contribution < 1.29 is 0 Å². The molecule has 0 aromatic rings. The molecule has 27 heavy (non-hydrogen) atoms. The van der Waals surface area contributed by atoms with E-state index < -0.39 is 0 Å². The van der Waals surface area contributed by atoms with E-state index in [1.807, 2.05) is 0 Å². The zero-order valence-corrected chi connectivity index (χ0v) is 18.0. The summed E-state index contributed by atoms with van der Waals surface area (Å²) in [5, 5.41) is 0. The van der Waals surface area contributed by atoms with Crippen molar-refractivity contribution in [1.29, 1.82) is 0 Å². The molecule has 0 radical (unpaired) electrons. The minimum absolute atomic E-state index is 0.571. The monoisotopic (exact) mass is 422 g/mol. The van der Waals surface area contributed by atoms with E-state index in [-0.39, 0.29) is 0 Å². The minimum Gasteiger partial charge on any atom is -0.0853 e. The largest absolute Gasteiger partial charge is 0.0853 e. The summed E-state index contributed by atoms with van der Waals surface area (Å²) in [6.45, 7) is 0. The summed E-state index contributed by atoms with van der Waals surface area (Å²) >= 11 is 4.57. The Kier molecular flexibility index (Phi) is 1.53. The lowest BCUT2D eigenvalue weighted by atomic mass is 9.01. The Morgan fingerprint density at radius 3 is 1.00 bits per heavy atom. The molecule has 0 unspecified atom stereocenters. The highest BCUT2D eigenvalue weighted by Gasteiger charge is 3.00. The highest BCUT2D eigenvalue weighted by Crippen LogP contribution is 3.06. The fourth-order valence-electron chi connectivity index (χ4n) is 18.5. The third kappa shape index (κ3) is 0.865. The Balaban J connectivity index is 1.41. The first kappa shape index (κ1) is 13.7. The summed E-state index contributed by atoms with van der Waals surface area (Å²) in [5.41, 5.74) is 5.08. The van der Waals surface area contributed by atoms with Crippen LogP contribution >= 0.6 is 15.9 Å². The number of alkyl halides is 1. The summed E-state index contributed by atoms with van der Waals surface area (Å²) in [7, 11) is 0. The molecule has 0 saturated heterocycles. The molecule has 142 valence electrons. The van der Waals surface area contributed by atoms with Gasteiger partial charge in [-0.15, -0.1) is 0 Å². The van der Waals surface area contributed by atoms with Gasteiger partial charge < -0.3 is 0 Å². The van der Waals surface area contributed by atoms with Crippen molar-refractivity contribution in [2.45, 2.75) is 81.4 Å². The smallest absolute Gasteiger partial charge is 0.0274 e. The topological polar surface area (TPSA) is 0 Å². The average molecular weight is 423 g/mol. The van der Waals surface area contributed by atoms with E-state index in [2.05, 4.69) is 15.9 Å². The lowest BCUT2D eigenvalue weighted by Gasteiger charge is -3.03. The van der Waals surface area contributed by atoms with E-state index >= 15 is 0 Å². The quantitative estimate of drug-likeness (QED) is 0.408. The number of halogens is 1. The molecular formula is C26H31Br. The van der Waals surface area contributed by atoms with Gasteiger partial charge in [-0.3, -0.25) is 0 Å². The number of hydrogen-bond acceptors (Lipinski definition) is 0. The molecule has 0 nitrogen and oxygen atoms in total. The van der Waals surface area contributed by atoms with E-state index in [4.69, 9.17) is 0 Å². The first-order chi connectivity index (χ1) is 12.9. The van der Waals surface area contributed by atoms with Crippen LogP contribution in [0.2, 0.25) is 0 Å². The molecule has 16 aliphatic carbocycles. The Bertz CT molecular complexity index is 780. The van der Waals surface area contributed by atoms with Gasteiger partial charge in [-0.2, -0.15) is 0 Å². The zero-order valence-electron chi connectivity index (χ0n) is 16.4. The maximum absolute atomic E-state index is 4.57. The van der Waals surface area contributed by atoms with Crippen LogP contribution in [0, 0.1) is 73.9 Å². The Morgan fingerprint density at radius 1 is 0.407 bits per heavy atom. The molecule has 1 heteroatoms. The standard InChI is InChI=1S/C26H31Br/c27-20-10-24-7-13-1-21-3-14-4-23-6-15-5-22(2-13,16(21)23)18(24)26(9-15,12-20)19(23)25(8-14,11-20)17(21)24/h13-19H,1-12H2. The van der Waals surface area contributed by atoms with Gasteiger partial charge in [0.25, 0.3) is 0 Å². The summed E-state index contributed by atoms with van der Waals surface area (Å²) in [4.78, 5) is 0. The molecule has 0 aliphatic heterocycles. The second-order valence-electron chi connectivity index (χ2n) is 15.2. The lowest BCUT2D eigenvalue weighted by Crippen LogP contribution is -2.98. The van der Waals surface area contributed by atoms with E-state index in [1.54, 1.807) is 77.0 Å². The Labute approximate surface area is 171 Å². The SMILES string of the molecule is BrC12CC34CC5CC67CC8CC9%10CC%11CC(C5)(C69)C3C(C%11)(C1)C%10C(C8)(C2)C74. The number of rotatable bonds is 0. The van der Waals surface area contributed by atoms with Crippen LogP contribution in [0.4, 0.5) is 0 Å². The minimum atomic E-state index is 0.571. The van der Waals surface area contributed by atoms with Gasteiger partial charge in [-0.1, -0.05) is 15.9 Å². The van der Waals surface area contributed by atoms with E-state index in [1.165, 1.54) is 23.7 Å². The van der Waals surface area contributed by atoms with E-state index in [0.717, 1.165) is 50.2 Å². The van der Waals surface area contributed by atoms with Crippen LogP contribution in [-0.2, 0) is 0 Å². The summed E-state index contributed by atoms with van der Waals surface area (Å²) < 4.78 is 0.571. The van der Waals surface area contributed by atoms with Crippen LogP contribution in [0.25, 0.3) is 0 Å². The normalized spacial score (nSPS) is 88.6. The molecular weight excluding hydrogens is 392 g/mol.